The Morgan fingerprint density at radius 3 is 2.94 bits per heavy atom. The molecule has 0 aliphatic rings. The van der Waals surface area contributed by atoms with E-state index in [1.807, 2.05) is 11.8 Å². The average molecular weight is 321 g/mol. The highest BCUT2D eigenvalue weighted by atomic mass is 79.9. The Labute approximate surface area is 112 Å². The van der Waals surface area contributed by atoms with Crippen LogP contribution in [0.2, 0.25) is 0 Å². The summed E-state index contributed by atoms with van der Waals surface area (Å²) in [5.41, 5.74) is 0. The van der Waals surface area contributed by atoms with Crippen LogP contribution in [0.15, 0.2) is 22.1 Å². The minimum atomic E-state index is -0.461. The van der Waals surface area contributed by atoms with E-state index in [-0.39, 0.29) is 0 Å². The van der Waals surface area contributed by atoms with Crippen molar-refractivity contribution in [2.75, 3.05) is 13.6 Å². The first-order valence-corrected chi connectivity index (χ1v) is 6.56. The van der Waals surface area contributed by atoms with E-state index >= 15 is 0 Å². The lowest BCUT2D eigenvalue weighted by molar-refractivity contribution is -0.404. The van der Waals surface area contributed by atoms with Crippen LogP contribution in [-0.2, 0) is 6.54 Å². The maximum Gasteiger partial charge on any atom is 0.274 e. The number of thiazole rings is 1. The summed E-state index contributed by atoms with van der Waals surface area (Å²) in [5.74, 6) is 0.488. The van der Waals surface area contributed by atoms with Gasteiger partial charge in [0.2, 0.25) is 0 Å². The van der Waals surface area contributed by atoms with E-state index in [0.29, 0.717) is 18.9 Å². The molecule has 6 nitrogen and oxygen atoms in total. The fraction of sp³-hybridized carbons (Fsp3) is 0.444. The monoisotopic (exact) mass is 320 g/mol. The first kappa shape index (κ1) is 13.9. The largest absolute Gasteiger partial charge is 0.370 e. The molecular formula is C9H13BrN4O2S. The summed E-state index contributed by atoms with van der Waals surface area (Å²) >= 11 is 4.81. The lowest BCUT2D eigenvalue weighted by atomic mass is 10.4. The maximum atomic E-state index is 10.5. The Bertz CT molecular complexity index is 421. The summed E-state index contributed by atoms with van der Waals surface area (Å²) in [4.78, 5) is 17.0. The molecule has 1 heterocycles. The summed E-state index contributed by atoms with van der Waals surface area (Å²) in [6, 6.07) is 0. The van der Waals surface area contributed by atoms with Crippen molar-refractivity contribution in [2.45, 2.75) is 13.5 Å². The van der Waals surface area contributed by atoms with Crippen LogP contribution in [0.5, 0.6) is 0 Å². The SMILES string of the molecule is CCN(Cc1cnc(Br)s1)/C(=C\[N+](=O)[O-])NC. The highest BCUT2D eigenvalue weighted by molar-refractivity contribution is 9.11. The zero-order chi connectivity index (χ0) is 12.8. The van der Waals surface area contributed by atoms with Gasteiger partial charge in [-0.25, -0.2) is 4.98 Å². The van der Waals surface area contributed by atoms with E-state index < -0.39 is 4.92 Å². The zero-order valence-electron chi connectivity index (χ0n) is 9.51. The Kier molecular flexibility index (Phi) is 5.36. The van der Waals surface area contributed by atoms with E-state index in [1.54, 1.807) is 13.2 Å². The number of halogens is 1. The van der Waals surface area contributed by atoms with Gasteiger partial charge in [0.15, 0.2) is 9.74 Å². The van der Waals surface area contributed by atoms with Crippen molar-refractivity contribution >= 4 is 27.3 Å². The van der Waals surface area contributed by atoms with Gasteiger partial charge < -0.3 is 10.2 Å². The van der Waals surface area contributed by atoms with E-state index in [9.17, 15) is 10.1 Å². The van der Waals surface area contributed by atoms with Gasteiger partial charge in [-0.2, -0.15) is 0 Å². The Morgan fingerprint density at radius 2 is 2.53 bits per heavy atom. The third-order valence-electron chi connectivity index (χ3n) is 2.08. The molecule has 0 saturated carbocycles. The molecule has 8 heteroatoms. The molecule has 1 aromatic rings. The predicted octanol–water partition coefficient (Wildman–Crippen LogP) is 2.02. The fourth-order valence-electron chi connectivity index (χ4n) is 1.32. The second-order valence-corrected chi connectivity index (χ2v) is 5.53. The molecule has 0 radical (unpaired) electrons. The van der Waals surface area contributed by atoms with Gasteiger partial charge in [-0.1, -0.05) is 0 Å². The first-order valence-electron chi connectivity index (χ1n) is 4.95. The minimum Gasteiger partial charge on any atom is -0.370 e. The topological polar surface area (TPSA) is 71.3 Å². The number of rotatable bonds is 6. The molecule has 1 N–H and O–H groups in total. The number of hydrogen-bond donors (Lipinski definition) is 1. The molecule has 0 bridgehead atoms. The van der Waals surface area contributed by atoms with Crippen LogP contribution in [-0.4, -0.2) is 28.4 Å². The summed E-state index contributed by atoms with van der Waals surface area (Å²) < 4.78 is 0.813. The smallest absolute Gasteiger partial charge is 0.274 e. The van der Waals surface area contributed by atoms with Crippen LogP contribution in [0.4, 0.5) is 0 Å². The van der Waals surface area contributed by atoms with Crippen LogP contribution in [0.1, 0.15) is 11.8 Å². The summed E-state index contributed by atoms with van der Waals surface area (Å²) in [5, 5.41) is 13.3. The lowest BCUT2D eigenvalue weighted by Crippen LogP contribution is -2.29. The maximum absolute atomic E-state index is 10.5. The molecule has 1 aromatic heterocycles. The molecule has 0 fully saturated rings. The average Bonchev–Trinajstić information content (AvgIpc) is 2.68. The van der Waals surface area contributed by atoms with Gasteiger partial charge in [-0.3, -0.25) is 10.1 Å². The fourth-order valence-corrected chi connectivity index (χ4v) is 2.69. The molecule has 0 aromatic carbocycles. The minimum absolute atomic E-state index is 0.461. The molecule has 1 rings (SSSR count). The molecule has 0 spiro atoms. The number of aromatic nitrogens is 1. The number of hydrogen-bond acceptors (Lipinski definition) is 6. The van der Waals surface area contributed by atoms with Gasteiger partial charge >= 0.3 is 0 Å². The van der Waals surface area contributed by atoms with Crippen molar-refractivity contribution in [3.05, 3.63) is 37.1 Å². The van der Waals surface area contributed by atoms with E-state index in [2.05, 4.69) is 26.2 Å². The summed E-state index contributed by atoms with van der Waals surface area (Å²) in [6.45, 7) is 3.22. The van der Waals surface area contributed by atoms with E-state index in [0.717, 1.165) is 15.0 Å². The van der Waals surface area contributed by atoms with Crippen molar-refractivity contribution in [1.82, 2.24) is 15.2 Å². The van der Waals surface area contributed by atoms with Crippen LogP contribution < -0.4 is 5.32 Å². The van der Waals surface area contributed by atoms with Gasteiger partial charge in [0.05, 0.1) is 11.5 Å². The third-order valence-corrected chi connectivity index (χ3v) is 3.54. The molecule has 0 amide bonds. The molecule has 0 aliphatic heterocycles. The first-order chi connectivity index (χ1) is 8.06. The Balaban J connectivity index is 2.80. The quantitative estimate of drug-likeness (QED) is 0.641. The van der Waals surface area contributed by atoms with Crippen LogP contribution in [0.25, 0.3) is 0 Å². The lowest BCUT2D eigenvalue weighted by Gasteiger charge is -2.22. The highest BCUT2D eigenvalue weighted by Crippen LogP contribution is 2.20. The number of nitrogens with one attached hydrogen (secondary N) is 1. The Hall–Kier alpha value is -1.15. The number of nitro groups is 1. The predicted molar refractivity (Wildman–Crippen MR) is 70.0 cm³/mol. The van der Waals surface area contributed by atoms with Gasteiger partial charge in [-0.15, -0.1) is 11.3 Å². The zero-order valence-corrected chi connectivity index (χ0v) is 11.9. The molecule has 17 heavy (non-hydrogen) atoms. The summed E-state index contributed by atoms with van der Waals surface area (Å²) in [6.07, 6.45) is 2.73. The second-order valence-electron chi connectivity index (χ2n) is 3.14. The van der Waals surface area contributed by atoms with Crippen LogP contribution in [0.3, 0.4) is 0 Å². The molecular weight excluding hydrogens is 308 g/mol. The molecule has 0 saturated heterocycles. The van der Waals surface area contributed by atoms with Gasteiger partial charge in [0, 0.05) is 24.7 Å². The molecule has 0 aliphatic carbocycles. The number of nitrogens with zero attached hydrogens (tertiary/aromatic N) is 3. The normalized spacial score (nSPS) is 11.4. The van der Waals surface area contributed by atoms with Crippen molar-refractivity contribution in [3.63, 3.8) is 0 Å². The van der Waals surface area contributed by atoms with E-state index in [4.69, 9.17) is 0 Å². The Morgan fingerprint density at radius 1 is 1.82 bits per heavy atom. The van der Waals surface area contributed by atoms with Gasteiger partial charge in [0.1, 0.15) is 0 Å². The standard InChI is InChI=1S/C9H13BrN4O2S/c1-3-13(8(11-2)6-14(15)16)5-7-4-12-9(10)17-7/h4,6,11H,3,5H2,1-2H3/b8-6-. The van der Waals surface area contributed by atoms with E-state index in [1.165, 1.54) is 11.3 Å². The molecule has 0 unspecified atom stereocenters. The van der Waals surface area contributed by atoms with Crippen LogP contribution in [0, 0.1) is 10.1 Å². The van der Waals surface area contributed by atoms with Crippen LogP contribution >= 0.6 is 27.3 Å². The second kappa shape index (κ2) is 6.55. The van der Waals surface area contributed by atoms with Crippen molar-refractivity contribution in [3.8, 4) is 0 Å². The van der Waals surface area contributed by atoms with Crippen molar-refractivity contribution in [2.24, 2.45) is 0 Å². The molecule has 94 valence electrons. The van der Waals surface area contributed by atoms with Crippen molar-refractivity contribution in [1.29, 1.82) is 0 Å². The summed E-state index contributed by atoms with van der Waals surface area (Å²) in [7, 11) is 1.67. The van der Waals surface area contributed by atoms with Gasteiger partial charge in [0.25, 0.3) is 6.20 Å². The molecule has 0 atom stereocenters. The third kappa shape index (κ3) is 4.31. The van der Waals surface area contributed by atoms with Gasteiger partial charge in [-0.05, 0) is 22.9 Å². The van der Waals surface area contributed by atoms with Crippen molar-refractivity contribution < 1.29 is 4.92 Å². The highest BCUT2D eigenvalue weighted by Gasteiger charge is 2.12.